The molecule has 0 saturated carbocycles. The maximum absolute atomic E-state index is 10.0. The molecule has 0 spiro atoms. The van der Waals surface area contributed by atoms with Crippen molar-refractivity contribution in [3.05, 3.63) is 16.1 Å². The molecule has 0 aliphatic heterocycles. The van der Waals surface area contributed by atoms with E-state index in [0.29, 0.717) is 26.3 Å². The molecule has 0 fully saturated rings. The molecule has 21 heavy (non-hydrogen) atoms. The van der Waals surface area contributed by atoms with E-state index in [0.717, 1.165) is 20.4 Å². The fourth-order valence-electron chi connectivity index (χ4n) is 2.13. The van der Waals surface area contributed by atoms with E-state index in [4.69, 9.17) is 4.74 Å². The van der Waals surface area contributed by atoms with Crippen molar-refractivity contribution >= 4 is 39.4 Å². The van der Waals surface area contributed by atoms with Gasteiger partial charge in [-0.15, -0.1) is 0 Å². The summed E-state index contributed by atoms with van der Waals surface area (Å²) < 4.78 is 8.35. The molecule has 0 aliphatic carbocycles. The number of anilines is 1. The first-order valence-corrected chi connectivity index (χ1v) is 8.03. The minimum atomic E-state index is -0.789. The van der Waals surface area contributed by atoms with Crippen molar-refractivity contribution in [2.45, 2.75) is 32.9 Å². The van der Waals surface area contributed by atoms with Crippen molar-refractivity contribution in [2.24, 2.45) is 0 Å². The van der Waals surface area contributed by atoms with Crippen molar-refractivity contribution in [1.29, 1.82) is 0 Å². The molecule has 0 aromatic carbocycles. The van der Waals surface area contributed by atoms with E-state index in [-0.39, 0.29) is 0 Å². The zero-order valence-corrected chi connectivity index (χ0v) is 14.7. The quantitative estimate of drug-likeness (QED) is 0.547. The van der Waals surface area contributed by atoms with Gasteiger partial charge < -0.3 is 19.7 Å². The number of fused-ring (bicyclic) bond motifs is 1. The van der Waals surface area contributed by atoms with Crippen molar-refractivity contribution < 1.29 is 9.84 Å². The summed E-state index contributed by atoms with van der Waals surface area (Å²) in [6.07, 6.45) is 3.54. The van der Waals surface area contributed by atoms with E-state index in [2.05, 4.69) is 37.9 Å². The van der Waals surface area contributed by atoms with E-state index >= 15 is 0 Å². The fourth-order valence-corrected chi connectivity index (χ4v) is 2.97. The van der Waals surface area contributed by atoms with Crippen molar-refractivity contribution in [3.63, 3.8) is 0 Å². The Hall–Kier alpha value is -0.930. The Kier molecular flexibility index (Phi) is 5.39. The number of ether oxygens (including phenoxy) is 1. The second-order valence-corrected chi connectivity index (χ2v) is 6.62. The van der Waals surface area contributed by atoms with E-state index in [1.165, 1.54) is 0 Å². The fraction of sp³-hybridized carbons (Fsp3) is 0.571. The van der Waals surface area contributed by atoms with Gasteiger partial charge in [0.15, 0.2) is 0 Å². The summed E-state index contributed by atoms with van der Waals surface area (Å²) in [6.45, 7) is 8.09. The monoisotopic (exact) mass is 404 g/mol. The first-order chi connectivity index (χ1) is 9.92. The highest BCUT2D eigenvalue weighted by Crippen LogP contribution is 2.27. The van der Waals surface area contributed by atoms with Crippen LogP contribution in [0.3, 0.4) is 0 Å². The lowest BCUT2D eigenvalue weighted by Crippen LogP contribution is -2.25. The molecule has 0 unspecified atom stereocenters. The SMILES string of the molecule is CCOCCNc1ncnc2c1c(I)cn2CC(C)(C)O. The highest BCUT2D eigenvalue weighted by Gasteiger charge is 2.18. The molecular weight excluding hydrogens is 383 g/mol. The van der Waals surface area contributed by atoms with Crippen molar-refractivity contribution in [3.8, 4) is 0 Å². The van der Waals surface area contributed by atoms with Crippen molar-refractivity contribution in [2.75, 3.05) is 25.1 Å². The zero-order valence-electron chi connectivity index (χ0n) is 12.6. The summed E-state index contributed by atoms with van der Waals surface area (Å²) in [5.74, 6) is 0.804. The van der Waals surface area contributed by atoms with Crippen LogP contribution in [0, 0.1) is 3.57 Å². The Morgan fingerprint density at radius 2 is 2.19 bits per heavy atom. The van der Waals surface area contributed by atoms with Crippen LogP contribution in [0.15, 0.2) is 12.5 Å². The number of aliphatic hydroxyl groups is 1. The Labute approximate surface area is 138 Å². The van der Waals surface area contributed by atoms with Gasteiger partial charge in [0.2, 0.25) is 0 Å². The molecule has 2 rings (SSSR count). The Bertz CT molecular complexity index is 607. The topological polar surface area (TPSA) is 72.2 Å². The lowest BCUT2D eigenvalue weighted by atomic mass is 10.1. The van der Waals surface area contributed by atoms with Crippen LogP contribution in [0.5, 0.6) is 0 Å². The van der Waals surface area contributed by atoms with E-state index < -0.39 is 5.60 Å². The molecule has 0 radical (unpaired) electrons. The predicted octanol–water partition coefficient (Wildman–Crippen LogP) is 2.26. The van der Waals surface area contributed by atoms with Gasteiger partial charge in [-0.25, -0.2) is 9.97 Å². The summed E-state index contributed by atoms with van der Waals surface area (Å²) >= 11 is 2.27. The van der Waals surface area contributed by atoms with Crippen LogP contribution in [-0.4, -0.2) is 45.0 Å². The molecule has 0 aliphatic rings. The highest BCUT2D eigenvalue weighted by atomic mass is 127. The summed E-state index contributed by atoms with van der Waals surface area (Å²) in [5, 5.41) is 14.3. The van der Waals surface area contributed by atoms with E-state index in [1.807, 2.05) is 17.7 Å². The van der Waals surface area contributed by atoms with Crippen LogP contribution in [0.1, 0.15) is 20.8 Å². The average molecular weight is 404 g/mol. The first kappa shape index (κ1) is 16.4. The summed E-state index contributed by atoms with van der Waals surface area (Å²) in [5.41, 5.74) is 0.0400. The van der Waals surface area contributed by atoms with Gasteiger partial charge in [-0.3, -0.25) is 0 Å². The first-order valence-electron chi connectivity index (χ1n) is 6.95. The Balaban J connectivity index is 2.28. The van der Waals surface area contributed by atoms with Crippen LogP contribution >= 0.6 is 22.6 Å². The van der Waals surface area contributed by atoms with Gasteiger partial charge in [-0.05, 0) is 43.4 Å². The molecule has 116 valence electrons. The Morgan fingerprint density at radius 1 is 1.43 bits per heavy atom. The van der Waals surface area contributed by atoms with Gasteiger partial charge in [0.25, 0.3) is 0 Å². The average Bonchev–Trinajstić information content (AvgIpc) is 2.70. The largest absolute Gasteiger partial charge is 0.389 e. The highest BCUT2D eigenvalue weighted by molar-refractivity contribution is 14.1. The predicted molar refractivity (Wildman–Crippen MR) is 91.5 cm³/mol. The van der Waals surface area contributed by atoms with Gasteiger partial charge in [-0.2, -0.15) is 0 Å². The number of hydrogen-bond acceptors (Lipinski definition) is 5. The van der Waals surface area contributed by atoms with Gasteiger partial charge in [0.1, 0.15) is 17.8 Å². The van der Waals surface area contributed by atoms with Crippen molar-refractivity contribution in [1.82, 2.24) is 14.5 Å². The molecule has 2 N–H and O–H groups in total. The van der Waals surface area contributed by atoms with Gasteiger partial charge in [0.05, 0.1) is 24.1 Å². The molecule has 2 aromatic heterocycles. The summed E-state index contributed by atoms with van der Waals surface area (Å²) in [7, 11) is 0. The summed E-state index contributed by atoms with van der Waals surface area (Å²) in [6, 6.07) is 0. The standard InChI is InChI=1S/C14H21IN4O2/c1-4-21-6-5-16-12-11-10(15)7-19(8-14(2,3)20)13(11)18-9-17-12/h7,9,20H,4-6,8H2,1-3H3,(H,16,17,18). The van der Waals surface area contributed by atoms with Crippen LogP contribution in [-0.2, 0) is 11.3 Å². The third kappa shape index (κ3) is 4.27. The third-order valence-electron chi connectivity index (χ3n) is 2.91. The number of hydrogen-bond donors (Lipinski definition) is 2. The number of rotatable bonds is 7. The molecule has 2 heterocycles. The smallest absolute Gasteiger partial charge is 0.146 e. The molecular formula is C14H21IN4O2. The van der Waals surface area contributed by atoms with E-state index in [9.17, 15) is 5.11 Å². The molecule has 0 atom stereocenters. The second kappa shape index (κ2) is 6.89. The van der Waals surface area contributed by atoms with Gasteiger partial charge in [-0.1, -0.05) is 0 Å². The number of aromatic nitrogens is 3. The maximum atomic E-state index is 10.0. The summed E-state index contributed by atoms with van der Waals surface area (Å²) in [4.78, 5) is 8.67. The molecule has 0 bridgehead atoms. The second-order valence-electron chi connectivity index (χ2n) is 5.46. The molecule has 0 amide bonds. The molecule has 2 aromatic rings. The lowest BCUT2D eigenvalue weighted by Gasteiger charge is -2.18. The number of nitrogens with one attached hydrogen (secondary N) is 1. The number of nitrogens with zero attached hydrogens (tertiary/aromatic N) is 3. The van der Waals surface area contributed by atoms with Gasteiger partial charge in [0, 0.05) is 22.9 Å². The number of halogens is 1. The minimum Gasteiger partial charge on any atom is -0.389 e. The molecule has 6 nitrogen and oxygen atoms in total. The van der Waals surface area contributed by atoms with Crippen LogP contribution < -0.4 is 5.32 Å². The van der Waals surface area contributed by atoms with Gasteiger partial charge >= 0.3 is 0 Å². The zero-order chi connectivity index (χ0) is 15.5. The lowest BCUT2D eigenvalue weighted by molar-refractivity contribution is 0.0626. The van der Waals surface area contributed by atoms with E-state index in [1.54, 1.807) is 20.2 Å². The normalized spacial score (nSPS) is 12.0. The maximum Gasteiger partial charge on any atom is 0.146 e. The molecule has 7 heteroatoms. The third-order valence-corrected chi connectivity index (χ3v) is 3.73. The molecule has 0 saturated heterocycles. The van der Waals surface area contributed by atoms with Crippen LogP contribution in [0.25, 0.3) is 11.0 Å². The van der Waals surface area contributed by atoms with Crippen LogP contribution in [0.4, 0.5) is 5.82 Å². The minimum absolute atomic E-state index is 0.488. The van der Waals surface area contributed by atoms with Crippen LogP contribution in [0.2, 0.25) is 0 Å². The Morgan fingerprint density at radius 3 is 2.86 bits per heavy atom.